The van der Waals surface area contributed by atoms with E-state index in [4.69, 9.17) is 5.21 Å². The lowest BCUT2D eigenvalue weighted by molar-refractivity contribution is -0.138. The number of hydroxylamine groups is 1. The van der Waals surface area contributed by atoms with Gasteiger partial charge in [-0.2, -0.15) is 0 Å². The van der Waals surface area contributed by atoms with Gasteiger partial charge in [-0.15, -0.1) is 0 Å². The molecule has 1 fully saturated rings. The minimum absolute atomic E-state index is 0.119. The number of carbonyl (C=O) groups is 2. The summed E-state index contributed by atoms with van der Waals surface area (Å²) in [5.74, 6) is -0.247. The van der Waals surface area contributed by atoms with Gasteiger partial charge in [0, 0.05) is 6.54 Å². The van der Waals surface area contributed by atoms with Crippen molar-refractivity contribution in [1.29, 1.82) is 0 Å². The smallest absolute Gasteiger partial charge is 0.243 e. The van der Waals surface area contributed by atoms with Crippen molar-refractivity contribution in [2.75, 3.05) is 6.54 Å². The fourth-order valence-corrected chi connectivity index (χ4v) is 2.33. The Labute approximate surface area is 134 Å². The molecular formula is C16H33N3O3. The molecule has 0 bridgehead atoms. The number of piperazine rings is 1. The van der Waals surface area contributed by atoms with Crippen LogP contribution in [0.25, 0.3) is 0 Å². The standard InChI is InChI=1S/C14H27N3O3.C2H6/c1-6-9-11(18)17-10(12(19)16-9)7-13(2,3)14(4,5)8-15-20;1-2/h9-10,15,20H,6-8H2,1-5H3,(H,16,19)(H,17,18);1-2H3. The second-order valence-electron chi connectivity index (χ2n) is 6.84. The molecule has 6 nitrogen and oxygen atoms in total. The Hall–Kier alpha value is -1.14. The van der Waals surface area contributed by atoms with Gasteiger partial charge in [0.25, 0.3) is 0 Å². The van der Waals surface area contributed by atoms with Gasteiger partial charge in [0.15, 0.2) is 0 Å². The second-order valence-corrected chi connectivity index (χ2v) is 6.84. The molecule has 0 saturated carbocycles. The summed E-state index contributed by atoms with van der Waals surface area (Å²) in [5.41, 5.74) is 1.73. The molecule has 0 aromatic rings. The van der Waals surface area contributed by atoms with Gasteiger partial charge in [-0.1, -0.05) is 48.5 Å². The van der Waals surface area contributed by atoms with E-state index in [0.29, 0.717) is 19.4 Å². The largest absolute Gasteiger partial charge is 0.343 e. The summed E-state index contributed by atoms with van der Waals surface area (Å²) in [6, 6.07) is -0.938. The molecule has 0 aliphatic carbocycles. The maximum absolute atomic E-state index is 12.1. The minimum Gasteiger partial charge on any atom is -0.343 e. The summed E-state index contributed by atoms with van der Waals surface area (Å²) < 4.78 is 0. The van der Waals surface area contributed by atoms with E-state index in [1.165, 1.54) is 0 Å². The van der Waals surface area contributed by atoms with E-state index in [9.17, 15) is 9.59 Å². The number of carbonyl (C=O) groups excluding carboxylic acids is 2. The number of nitrogens with one attached hydrogen (secondary N) is 3. The zero-order valence-electron chi connectivity index (χ0n) is 15.0. The molecule has 2 unspecified atom stereocenters. The first-order chi connectivity index (χ1) is 10.1. The highest BCUT2D eigenvalue weighted by Crippen LogP contribution is 2.41. The van der Waals surface area contributed by atoms with E-state index in [1.54, 1.807) is 0 Å². The van der Waals surface area contributed by atoms with Crippen LogP contribution in [-0.4, -0.2) is 35.7 Å². The second kappa shape index (κ2) is 8.48. The molecule has 2 amide bonds. The molecule has 1 saturated heterocycles. The molecule has 0 radical (unpaired) electrons. The predicted octanol–water partition coefficient (Wildman–Crippen LogP) is 1.83. The van der Waals surface area contributed by atoms with Gasteiger partial charge >= 0.3 is 0 Å². The molecule has 130 valence electrons. The lowest BCUT2D eigenvalue weighted by atomic mass is 9.64. The lowest BCUT2D eigenvalue weighted by Gasteiger charge is -2.44. The predicted molar refractivity (Wildman–Crippen MR) is 87.5 cm³/mol. The van der Waals surface area contributed by atoms with Crippen molar-refractivity contribution in [3.63, 3.8) is 0 Å². The third-order valence-electron chi connectivity index (χ3n) is 4.74. The maximum atomic E-state index is 12.1. The minimum atomic E-state index is -0.515. The van der Waals surface area contributed by atoms with E-state index in [2.05, 4.69) is 16.1 Å². The van der Waals surface area contributed by atoms with Crippen LogP contribution in [0.1, 0.15) is 61.3 Å². The van der Waals surface area contributed by atoms with E-state index in [-0.39, 0.29) is 22.6 Å². The Bertz CT molecular complexity index is 381. The van der Waals surface area contributed by atoms with Gasteiger partial charge in [-0.25, -0.2) is 5.48 Å². The Morgan fingerprint density at radius 3 is 1.91 bits per heavy atom. The highest BCUT2D eigenvalue weighted by atomic mass is 16.5. The van der Waals surface area contributed by atoms with Gasteiger partial charge in [0.1, 0.15) is 12.1 Å². The SMILES string of the molecule is CC.CCC1NC(=O)C(CC(C)(C)C(C)(C)CNO)NC1=O. The average molecular weight is 315 g/mol. The van der Waals surface area contributed by atoms with E-state index >= 15 is 0 Å². The molecule has 2 atom stereocenters. The van der Waals surface area contributed by atoms with Crippen LogP contribution in [0.5, 0.6) is 0 Å². The lowest BCUT2D eigenvalue weighted by Crippen LogP contribution is -2.62. The zero-order valence-corrected chi connectivity index (χ0v) is 15.0. The van der Waals surface area contributed by atoms with Crippen molar-refractivity contribution >= 4 is 11.8 Å². The summed E-state index contributed by atoms with van der Waals surface area (Å²) in [7, 11) is 0. The summed E-state index contributed by atoms with van der Waals surface area (Å²) in [6.45, 7) is 14.4. The van der Waals surface area contributed by atoms with Crippen LogP contribution >= 0.6 is 0 Å². The van der Waals surface area contributed by atoms with Gasteiger partial charge in [-0.05, 0) is 23.7 Å². The number of amides is 2. The number of hydrogen-bond donors (Lipinski definition) is 4. The normalized spacial score (nSPS) is 22.4. The fraction of sp³-hybridized carbons (Fsp3) is 0.875. The monoisotopic (exact) mass is 315 g/mol. The molecule has 1 aliphatic heterocycles. The Balaban J connectivity index is 0.00000211. The average Bonchev–Trinajstić information content (AvgIpc) is 2.44. The number of rotatable bonds is 6. The van der Waals surface area contributed by atoms with Crippen LogP contribution in [-0.2, 0) is 9.59 Å². The van der Waals surface area contributed by atoms with Gasteiger partial charge in [-0.3, -0.25) is 9.59 Å². The molecule has 1 aliphatic rings. The first kappa shape index (κ1) is 20.9. The molecular weight excluding hydrogens is 282 g/mol. The molecule has 6 heteroatoms. The van der Waals surface area contributed by atoms with Crippen molar-refractivity contribution in [3.05, 3.63) is 0 Å². The third kappa shape index (κ3) is 4.95. The highest BCUT2D eigenvalue weighted by molar-refractivity contribution is 5.96. The summed E-state index contributed by atoms with van der Waals surface area (Å²) in [6.07, 6.45) is 1.11. The van der Waals surface area contributed by atoms with Crippen LogP contribution in [0.15, 0.2) is 0 Å². The Morgan fingerprint density at radius 2 is 1.45 bits per heavy atom. The first-order valence-electron chi connectivity index (χ1n) is 8.12. The van der Waals surface area contributed by atoms with Crippen LogP contribution < -0.4 is 16.1 Å². The van der Waals surface area contributed by atoms with Gasteiger partial charge in [0.05, 0.1) is 0 Å². The zero-order chi connectivity index (χ0) is 17.6. The van der Waals surface area contributed by atoms with Crippen LogP contribution in [0, 0.1) is 10.8 Å². The van der Waals surface area contributed by atoms with Crippen LogP contribution in [0.3, 0.4) is 0 Å². The quantitative estimate of drug-likeness (QED) is 0.563. The number of hydrogen-bond acceptors (Lipinski definition) is 4. The van der Waals surface area contributed by atoms with E-state index in [1.807, 2.05) is 48.5 Å². The van der Waals surface area contributed by atoms with Gasteiger partial charge in [0.2, 0.25) is 11.8 Å². The van der Waals surface area contributed by atoms with Crippen LogP contribution in [0.2, 0.25) is 0 Å². The molecule has 1 heterocycles. The van der Waals surface area contributed by atoms with Crippen molar-refractivity contribution in [2.24, 2.45) is 10.8 Å². The molecule has 1 rings (SSSR count). The molecule has 0 aromatic heterocycles. The maximum Gasteiger partial charge on any atom is 0.243 e. The van der Waals surface area contributed by atoms with Crippen molar-refractivity contribution in [2.45, 2.75) is 73.4 Å². The summed E-state index contributed by atoms with van der Waals surface area (Å²) >= 11 is 0. The summed E-state index contributed by atoms with van der Waals surface area (Å²) in [5, 5.41) is 14.5. The topological polar surface area (TPSA) is 90.5 Å². The van der Waals surface area contributed by atoms with Crippen molar-refractivity contribution in [1.82, 2.24) is 16.1 Å². The van der Waals surface area contributed by atoms with Crippen LogP contribution in [0.4, 0.5) is 0 Å². The Kier molecular flexibility index (Phi) is 8.04. The highest BCUT2D eigenvalue weighted by Gasteiger charge is 2.42. The van der Waals surface area contributed by atoms with Crippen molar-refractivity contribution in [3.8, 4) is 0 Å². The molecule has 0 aromatic carbocycles. The van der Waals surface area contributed by atoms with E-state index < -0.39 is 12.1 Å². The third-order valence-corrected chi connectivity index (χ3v) is 4.74. The molecule has 22 heavy (non-hydrogen) atoms. The fourth-order valence-electron chi connectivity index (χ4n) is 2.33. The summed E-state index contributed by atoms with van der Waals surface area (Å²) in [4.78, 5) is 23.9. The Morgan fingerprint density at radius 1 is 1.00 bits per heavy atom. The van der Waals surface area contributed by atoms with Crippen molar-refractivity contribution < 1.29 is 14.8 Å². The molecule has 4 N–H and O–H groups in total. The van der Waals surface area contributed by atoms with E-state index in [0.717, 1.165) is 0 Å². The van der Waals surface area contributed by atoms with Gasteiger partial charge < -0.3 is 15.8 Å². The first-order valence-corrected chi connectivity index (χ1v) is 8.12. The molecule has 0 spiro atoms.